The first kappa shape index (κ1) is 21.7. The van der Waals surface area contributed by atoms with Gasteiger partial charge >= 0.3 is 5.97 Å². The zero-order valence-electron chi connectivity index (χ0n) is 18.0. The third kappa shape index (κ3) is 4.15. The molecule has 0 radical (unpaired) electrons. The second-order valence-corrected chi connectivity index (χ2v) is 9.38. The number of aromatic carboxylic acids is 1. The lowest BCUT2D eigenvalue weighted by molar-refractivity contribution is 0.0697. The highest BCUT2D eigenvalue weighted by Crippen LogP contribution is 2.38. The Labute approximate surface area is 202 Å². The van der Waals surface area contributed by atoms with E-state index in [9.17, 15) is 9.90 Å². The number of hydrogen-bond donors (Lipinski definition) is 1. The molecule has 1 N–H and O–H groups in total. The molecule has 0 saturated carbocycles. The molecule has 1 aliphatic rings. The lowest BCUT2D eigenvalue weighted by Gasteiger charge is -2.26. The highest BCUT2D eigenvalue weighted by atomic mass is 35.5. The second kappa shape index (κ2) is 8.66. The van der Waals surface area contributed by atoms with E-state index in [1.54, 1.807) is 6.07 Å². The van der Waals surface area contributed by atoms with Crippen LogP contribution < -0.4 is 0 Å². The van der Waals surface area contributed by atoms with Gasteiger partial charge in [-0.25, -0.2) is 9.78 Å². The van der Waals surface area contributed by atoms with Gasteiger partial charge in [0, 0.05) is 5.39 Å². The Morgan fingerprint density at radius 3 is 2.42 bits per heavy atom. The van der Waals surface area contributed by atoms with Gasteiger partial charge < -0.3 is 5.11 Å². The summed E-state index contributed by atoms with van der Waals surface area (Å²) in [4.78, 5) is 17.1. The van der Waals surface area contributed by atoms with Gasteiger partial charge in [-0.1, -0.05) is 78.7 Å². The molecule has 1 heterocycles. The van der Waals surface area contributed by atoms with E-state index in [1.807, 2.05) is 36.4 Å². The molecule has 0 saturated heterocycles. The lowest BCUT2D eigenvalue weighted by atomic mass is 9.80. The van der Waals surface area contributed by atoms with Crippen LogP contribution in [0, 0.1) is 5.92 Å². The average Bonchev–Trinajstić information content (AvgIpc) is 2.80. The maximum atomic E-state index is 12.2. The van der Waals surface area contributed by atoms with Crippen LogP contribution in [0.15, 0.2) is 66.7 Å². The van der Waals surface area contributed by atoms with E-state index in [0.717, 1.165) is 39.9 Å². The first-order chi connectivity index (χ1) is 15.9. The Kier molecular flexibility index (Phi) is 5.69. The Bertz CT molecular complexity index is 1420. The van der Waals surface area contributed by atoms with Gasteiger partial charge in [0.1, 0.15) is 0 Å². The molecule has 0 aliphatic heterocycles. The van der Waals surface area contributed by atoms with Crippen LogP contribution >= 0.6 is 23.2 Å². The first-order valence-corrected chi connectivity index (χ1v) is 11.6. The number of allylic oxidation sites excluding steroid dienone is 1. The maximum absolute atomic E-state index is 12.2. The molecule has 5 heteroatoms. The van der Waals surface area contributed by atoms with Crippen molar-refractivity contribution < 1.29 is 9.90 Å². The third-order valence-electron chi connectivity index (χ3n) is 6.14. The van der Waals surface area contributed by atoms with Crippen molar-refractivity contribution in [1.29, 1.82) is 0 Å². The molecule has 0 amide bonds. The summed E-state index contributed by atoms with van der Waals surface area (Å²) < 4.78 is 0. The fourth-order valence-corrected chi connectivity index (χ4v) is 4.93. The fraction of sp³-hybridized carbons (Fsp3) is 0.143. The zero-order valence-corrected chi connectivity index (χ0v) is 19.5. The SMILES string of the molecule is CC1C/C(=C\c2ccc(-c3ccc(Cl)c(Cl)c3)cc2)c2nc3ccccc3c(C(=O)O)c2C1. The smallest absolute Gasteiger partial charge is 0.336 e. The standard InChI is InChI=1S/C28H21Cl2NO2/c1-16-12-20(14-17-6-8-18(9-7-17)19-10-11-23(29)24(30)15-19)27-22(13-16)26(28(32)33)21-4-2-3-5-25(21)31-27/h2-11,14-16H,12-13H2,1H3,(H,32,33)/b20-14+. The van der Waals surface area contributed by atoms with Crippen molar-refractivity contribution >= 4 is 51.7 Å². The molecule has 0 fully saturated rings. The average molecular weight is 474 g/mol. The summed E-state index contributed by atoms with van der Waals surface area (Å²) >= 11 is 12.2. The van der Waals surface area contributed by atoms with E-state index < -0.39 is 5.97 Å². The number of rotatable bonds is 3. The van der Waals surface area contributed by atoms with Gasteiger partial charge in [0.2, 0.25) is 0 Å². The van der Waals surface area contributed by atoms with E-state index >= 15 is 0 Å². The molecular formula is C28H21Cl2NO2. The predicted octanol–water partition coefficient (Wildman–Crippen LogP) is 8.03. The summed E-state index contributed by atoms with van der Waals surface area (Å²) in [5.74, 6) is -0.565. The number of carboxylic acid groups (broad SMARTS) is 1. The summed E-state index contributed by atoms with van der Waals surface area (Å²) in [6.45, 7) is 2.16. The molecule has 0 spiro atoms. The quantitative estimate of drug-likeness (QED) is 0.327. The molecule has 3 nitrogen and oxygen atoms in total. The van der Waals surface area contributed by atoms with Gasteiger partial charge in [0.15, 0.2) is 0 Å². The Morgan fingerprint density at radius 1 is 0.970 bits per heavy atom. The summed E-state index contributed by atoms with van der Waals surface area (Å²) in [6, 6.07) is 21.3. The van der Waals surface area contributed by atoms with Crippen molar-refractivity contribution in [1.82, 2.24) is 4.98 Å². The van der Waals surface area contributed by atoms with Crippen molar-refractivity contribution in [2.75, 3.05) is 0 Å². The number of benzene rings is 3. The van der Waals surface area contributed by atoms with Gasteiger partial charge in [-0.15, -0.1) is 0 Å². The molecule has 1 aromatic heterocycles. The molecule has 33 heavy (non-hydrogen) atoms. The predicted molar refractivity (Wildman–Crippen MR) is 136 cm³/mol. The lowest BCUT2D eigenvalue weighted by Crippen LogP contribution is -2.17. The van der Waals surface area contributed by atoms with E-state index in [1.165, 1.54) is 0 Å². The number of halogens is 2. The molecule has 1 aliphatic carbocycles. The van der Waals surface area contributed by atoms with Crippen LogP contribution in [0.25, 0.3) is 33.7 Å². The minimum Gasteiger partial charge on any atom is -0.478 e. The molecule has 4 aromatic rings. The van der Waals surface area contributed by atoms with Crippen LogP contribution in [0.4, 0.5) is 0 Å². The highest BCUT2D eigenvalue weighted by molar-refractivity contribution is 6.42. The molecular weight excluding hydrogens is 453 g/mol. The van der Waals surface area contributed by atoms with Crippen LogP contribution in [-0.2, 0) is 6.42 Å². The number of hydrogen-bond acceptors (Lipinski definition) is 2. The number of carboxylic acids is 1. The first-order valence-electron chi connectivity index (χ1n) is 10.8. The van der Waals surface area contributed by atoms with Crippen molar-refractivity contribution in [3.63, 3.8) is 0 Å². The van der Waals surface area contributed by atoms with Crippen molar-refractivity contribution in [2.45, 2.75) is 19.8 Å². The van der Waals surface area contributed by atoms with Crippen LogP contribution in [0.3, 0.4) is 0 Å². The van der Waals surface area contributed by atoms with Crippen molar-refractivity contribution in [3.05, 3.63) is 99.2 Å². The monoisotopic (exact) mass is 473 g/mol. The Balaban J connectivity index is 1.59. The van der Waals surface area contributed by atoms with Crippen LogP contribution in [0.5, 0.6) is 0 Å². The zero-order chi connectivity index (χ0) is 23.1. The van der Waals surface area contributed by atoms with Crippen LogP contribution in [0.2, 0.25) is 10.0 Å². The Morgan fingerprint density at radius 2 is 1.70 bits per heavy atom. The molecule has 1 atom stereocenters. The summed E-state index contributed by atoms with van der Waals surface area (Å²) in [6.07, 6.45) is 3.69. The number of aromatic nitrogens is 1. The van der Waals surface area contributed by atoms with Gasteiger partial charge in [-0.05, 0) is 70.9 Å². The van der Waals surface area contributed by atoms with Gasteiger partial charge in [-0.2, -0.15) is 0 Å². The topological polar surface area (TPSA) is 50.2 Å². The number of fused-ring (bicyclic) bond motifs is 2. The fourth-order valence-electron chi connectivity index (χ4n) is 4.63. The number of pyridine rings is 1. The summed E-state index contributed by atoms with van der Waals surface area (Å²) in [7, 11) is 0. The number of carbonyl (C=O) groups is 1. The summed E-state index contributed by atoms with van der Waals surface area (Å²) in [5, 5.41) is 11.8. The maximum Gasteiger partial charge on any atom is 0.336 e. The minimum atomic E-state index is -0.899. The van der Waals surface area contributed by atoms with Gasteiger partial charge in [0.25, 0.3) is 0 Å². The normalized spacial score (nSPS) is 16.7. The van der Waals surface area contributed by atoms with E-state index in [2.05, 4.69) is 37.3 Å². The largest absolute Gasteiger partial charge is 0.478 e. The van der Waals surface area contributed by atoms with Gasteiger partial charge in [0.05, 0.1) is 26.8 Å². The second-order valence-electron chi connectivity index (χ2n) is 8.57. The van der Waals surface area contributed by atoms with Crippen LogP contribution in [0.1, 0.15) is 40.5 Å². The molecule has 5 rings (SSSR count). The van der Waals surface area contributed by atoms with E-state index in [-0.39, 0.29) is 0 Å². The van der Waals surface area contributed by atoms with E-state index in [0.29, 0.717) is 38.9 Å². The van der Waals surface area contributed by atoms with Crippen molar-refractivity contribution in [2.24, 2.45) is 5.92 Å². The van der Waals surface area contributed by atoms with Crippen LogP contribution in [-0.4, -0.2) is 16.1 Å². The molecule has 164 valence electrons. The van der Waals surface area contributed by atoms with Gasteiger partial charge in [-0.3, -0.25) is 0 Å². The van der Waals surface area contributed by atoms with E-state index in [4.69, 9.17) is 28.2 Å². The highest BCUT2D eigenvalue weighted by Gasteiger charge is 2.27. The third-order valence-corrected chi connectivity index (χ3v) is 6.88. The summed E-state index contributed by atoms with van der Waals surface area (Å²) in [5.41, 5.74) is 6.88. The Hall–Kier alpha value is -3.14. The molecule has 1 unspecified atom stereocenters. The number of para-hydroxylation sites is 1. The molecule has 3 aromatic carbocycles. The molecule has 0 bridgehead atoms. The van der Waals surface area contributed by atoms with Crippen molar-refractivity contribution in [3.8, 4) is 11.1 Å². The minimum absolute atomic E-state index is 0.334. The number of nitrogens with zero attached hydrogens (tertiary/aromatic N) is 1.